The fourth-order valence-electron chi connectivity index (χ4n) is 1.29. The van der Waals surface area contributed by atoms with Crippen LogP contribution in [-0.2, 0) is 11.2 Å². The Morgan fingerprint density at radius 2 is 2.27 bits per heavy atom. The van der Waals surface area contributed by atoms with Crippen molar-refractivity contribution in [3.05, 3.63) is 28.8 Å². The van der Waals surface area contributed by atoms with Gasteiger partial charge in [-0.2, -0.15) is 5.26 Å². The smallest absolute Gasteiger partial charge is 0.337 e. The molecule has 0 aliphatic carbocycles. The minimum absolute atomic E-state index is 0.0624. The molecule has 0 spiro atoms. The highest BCUT2D eigenvalue weighted by Gasteiger charge is 2.13. The van der Waals surface area contributed by atoms with Crippen molar-refractivity contribution in [2.75, 3.05) is 7.11 Å². The second-order valence-electron chi connectivity index (χ2n) is 2.99. The van der Waals surface area contributed by atoms with Crippen LogP contribution in [0.15, 0.2) is 12.1 Å². The van der Waals surface area contributed by atoms with E-state index in [1.54, 1.807) is 0 Å². The molecule has 1 rings (SSSR count). The number of nitrogens with zero attached hydrogens (tertiary/aromatic N) is 1. The molecule has 15 heavy (non-hydrogen) atoms. The number of esters is 1. The Labute approximate surface area is 87.7 Å². The van der Waals surface area contributed by atoms with Crippen LogP contribution >= 0.6 is 0 Å². The third-order valence-electron chi connectivity index (χ3n) is 2.11. The summed E-state index contributed by atoms with van der Waals surface area (Å²) in [5, 5.41) is 18.3. The molecule has 1 N–H and O–H groups in total. The van der Waals surface area contributed by atoms with Crippen molar-refractivity contribution in [2.45, 2.75) is 13.3 Å². The molecule has 0 amide bonds. The number of phenols is 1. The van der Waals surface area contributed by atoms with Gasteiger partial charge < -0.3 is 9.84 Å². The van der Waals surface area contributed by atoms with Crippen molar-refractivity contribution in [1.29, 1.82) is 5.26 Å². The number of benzene rings is 1. The van der Waals surface area contributed by atoms with E-state index in [0.717, 1.165) is 0 Å². The van der Waals surface area contributed by atoms with Crippen molar-refractivity contribution >= 4 is 5.97 Å². The molecule has 1 aromatic rings. The molecule has 0 radical (unpaired) electrons. The maximum absolute atomic E-state index is 11.2. The van der Waals surface area contributed by atoms with Crippen molar-refractivity contribution in [3.8, 4) is 11.8 Å². The van der Waals surface area contributed by atoms with Crippen LogP contribution in [0.4, 0.5) is 0 Å². The molecule has 0 atom stereocenters. The first kappa shape index (κ1) is 11.1. The van der Waals surface area contributed by atoms with Gasteiger partial charge in [0.15, 0.2) is 0 Å². The Balaban J connectivity index is 3.34. The van der Waals surface area contributed by atoms with Gasteiger partial charge in [0.25, 0.3) is 0 Å². The van der Waals surface area contributed by atoms with E-state index in [-0.39, 0.29) is 16.9 Å². The number of methoxy groups -OCH3 is 1. The van der Waals surface area contributed by atoms with Crippen LogP contribution in [0.3, 0.4) is 0 Å². The molecular formula is C11H11NO3. The van der Waals surface area contributed by atoms with Gasteiger partial charge in [-0.15, -0.1) is 0 Å². The molecule has 0 aliphatic rings. The summed E-state index contributed by atoms with van der Waals surface area (Å²) < 4.78 is 4.55. The predicted octanol–water partition coefficient (Wildman–Crippen LogP) is 1.61. The number of aryl methyl sites for hydroxylation is 1. The molecule has 0 heterocycles. The molecule has 0 saturated carbocycles. The van der Waals surface area contributed by atoms with Gasteiger partial charge in [0, 0.05) is 0 Å². The van der Waals surface area contributed by atoms with E-state index in [0.29, 0.717) is 12.0 Å². The minimum Gasteiger partial charge on any atom is -0.506 e. The molecule has 78 valence electrons. The highest BCUT2D eigenvalue weighted by atomic mass is 16.5. The van der Waals surface area contributed by atoms with Crippen LogP contribution in [0.1, 0.15) is 28.4 Å². The fraction of sp³-hybridized carbons (Fsp3) is 0.273. The average Bonchev–Trinajstić information content (AvgIpc) is 2.28. The quantitative estimate of drug-likeness (QED) is 0.744. The molecule has 0 saturated heterocycles. The third-order valence-corrected chi connectivity index (χ3v) is 2.11. The van der Waals surface area contributed by atoms with Gasteiger partial charge in [-0.1, -0.05) is 6.92 Å². The Morgan fingerprint density at radius 1 is 1.60 bits per heavy atom. The maximum atomic E-state index is 11.2. The summed E-state index contributed by atoms with van der Waals surface area (Å²) in [6, 6.07) is 4.68. The van der Waals surface area contributed by atoms with Crippen molar-refractivity contribution in [3.63, 3.8) is 0 Å². The van der Waals surface area contributed by atoms with E-state index < -0.39 is 5.97 Å². The van der Waals surface area contributed by atoms with Crippen LogP contribution in [0.25, 0.3) is 0 Å². The number of carbonyl (C=O) groups is 1. The van der Waals surface area contributed by atoms with Crippen molar-refractivity contribution < 1.29 is 14.6 Å². The van der Waals surface area contributed by atoms with Gasteiger partial charge in [-0.3, -0.25) is 0 Å². The number of phenolic OH excluding ortho intramolecular Hbond substituents is 1. The summed E-state index contributed by atoms with van der Waals surface area (Å²) in [5.74, 6) is -0.575. The van der Waals surface area contributed by atoms with E-state index in [1.807, 2.05) is 13.0 Å². The first-order chi connectivity index (χ1) is 7.13. The Kier molecular flexibility index (Phi) is 3.29. The number of hydrogen-bond donors (Lipinski definition) is 1. The Bertz CT molecular complexity index is 432. The lowest BCUT2D eigenvalue weighted by atomic mass is 10.0. The van der Waals surface area contributed by atoms with Crippen molar-refractivity contribution in [1.82, 2.24) is 0 Å². The van der Waals surface area contributed by atoms with Crippen molar-refractivity contribution in [2.24, 2.45) is 0 Å². The van der Waals surface area contributed by atoms with Gasteiger partial charge in [0.05, 0.1) is 18.2 Å². The molecule has 0 aliphatic heterocycles. The largest absolute Gasteiger partial charge is 0.506 e. The molecular weight excluding hydrogens is 194 g/mol. The number of nitriles is 1. The van der Waals surface area contributed by atoms with Gasteiger partial charge >= 0.3 is 5.97 Å². The Hall–Kier alpha value is -2.02. The highest BCUT2D eigenvalue weighted by molar-refractivity contribution is 5.90. The summed E-state index contributed by atoms with van der Waals surface area (Å²) in [4.78, 5) is 11.2. The van der Waals surface area contributed by atoms with Crippen LogP contribution < -0.4 is 0 Å². The van der Waals surface area contributed by atoms with E-state index in [2.05, 4.69) is 4.74 Å². The fourth-order valence-corrected chi connectivity index (χ4v) is 1.29. The molecule has 4 nitrogen and oxygen atoms in total. The molecule has 0 fully saturated rings. The van der Waals surface area contributed by atoms with Gasteiger partial charge in [-0.05, 0) is 24.1 Å². The molecule has 1 aromatic carbocycles. The SMILES string of the molecule is CCc1cc(C(=O)OC)cc(C#N)c1O. The lowest BCUT2D eigenvalue weighted by molar-refractivity contribution is 0.0600. The van der Waals surface area contributed by atoms with Crippen LogP contribution in [0, 0.1) is 11.3 Å². The number of ether oxygens (including phenoxy) is 1. The molecule has 4 heteroatoms. The summed E-state index contributed by atoms with van der Waals surface area (Å²) >= 11 is 0. The van der Waals surface area contributed by atoms with Crippen LogP contribution in [0.2, 0.25) is 0 Å². The first-order valence-corrected chi connectivity index (χ1v) is 4.48. The highest BCUT2D eigenvalue weighted by Crippen LogP contribution is 2.24. The first-order valence-electron chi connectivity index (χ1n) is 4.48. The Morgan fingerprint density at radius 3 is 2.73 bits per heavy atom. The maximum Gasteiger partial charge on any atom is 0.337 e. The normalized spacial score (nSPS) is 9.40. The van der Waals surface area contributed by atoms with E-state index >= 15 is 0 Å². The lowest BCUT2D eigenvalue weighted by Crippen LogP contribution is -2.03. The second-order valence-corrected chi connectivity index (χ2v) is 2.99. The zero-order chi connectivity index (χ0) is 11.4. The monoisotopic (exact) mass is 205 g/mol. The molecule has 0 aromatic heterocycles. The summed E-state index contributed by atoms with van der Waals surface area (Å²) in [6.07, 6.45) is 0.547. The topological polar surface area (TPSA) is 70.3 Å². The number of hydrogen-bond acceptors (Lipinski definition) is 4. The second kappa shape index (κ2) is 4.47. The predicted molar refractivity (Wildman–Crippen MR) is 53.5 cm³/mol. The summed E-state index contributed by atoms with van der Waals surface area (Å²) in [6.45, 7) is 1.83. The summed E-state index contributed by atoms with van der Waals surface area (Å²) in [5.41, 5.74) is 0.938. The lowest BCUT2D eigenvalue weighted by Gasteiger charge is -2.06. The molecule has 0 unspecified atom stereocenters. The zero-order valence-electron chi connectivity index (χ0n) is 8.57. The van der Waals surface area contributed by atoms with E-state index in [1.165, 1.54) is 19.2 Å². The standard InChI is InChI=1S/C11H11NO3/c1-3-7-4-8(11(14)15-2)5-9(6-12)10(7)13/h4-5,13H,3H2,1-2H3. The van der Waals surface area contributed by atoms with Gasteiger partial charge in [0.2, 0.25) is 0 Å². The van der Waals surface area contributed by atoms with Gasteiger partial charge in [0.1, 0.15) is 11.8 Å². The van der Waals surface area contributed by atoms with E-state index in [9.17, 15) is 9.90 Å². The number of aromatic hydroxyl groups is 1. The average molecular weight is 205 g/mol. The van der Waals surface area contributed by atoms with Crippen LogP contribution in [0.5, 0.6) is 5.75 Å². The summed E-state index contributed by atoms with van der Waals surface area (Å²) in [7, 11) is 1.27. The third kappa shape index (κ3) is 2.08. The zero-order valence-corrected chi connectivity index (χ0v) is 8.57. The minimum atomic E-state index is -0.513. The molecule has 0 bridgehead atoms. The van der Waals surface area contributed by atoms with Gasteiger partial charge in [-0.25, -0.2) is 4.79 Å². The van der Waals surface area contributed by atoms with E-state index in [4.69, 9.17) is 5.26 Å². The van der Waals surface area contributed by atoms with Crippen LogP contribution in [-0.4, -0.2) is 18.2 Å². The number of rotatable bonds is 2. The number of carbonyl (C=O) groups excluding carboxylic acids is 1.